The number of Topliss-reactive ketones (excluding diaryl/α,β-unsaturated/α-hetero) is 1. The highest BCUT2D eigenvalue weighted by Gasteiger charge is 2.22. The third-order valence-electron chi connectivity index (χ3n) is 5.99. The molecule has 0 saturated carbocycles. The molecule has 5 N–H and O–H groups in total. The van der Waals surface area contributed by atoms with Gasteiger partial charge in [0.05, 0.1) is 42.4 Å². The molecule has 39 heavy (non-hydrogen) atoms. The van der Waals surface area contributed by atoms with Gasteiger partial charge in [-0.1, -0.05) is 12.1 Å². The fourth-order valence-electron chi connectivity index (χ4n) is 4.04. The molecule has 0 saturated heterocycles. The molecule has 1 atom stereocenters. The van der Waals surface area contributed by atoms with Crippen LogP contribution in [0.3, 0.4) is 0 Å². The summed E-state index contributed by atoms with van der Waals surface area (Å²) in [6.07, 6.45) is 3.74. The molecule has 5 aromatic rings. The van der Waals surface area contributed by atoms with Crippen molar-refractivity contribution in [3.63, 3.8) is 0 Å². The Morgan fingerprint density at radius 1 is 1.15 bits per heavy atom. The Morgan fingerprint density at radius 3 is 2.74 bits per heavy atom. The lowest BCUT2D eigenvalue weighted by molar-refractivity contribution is -0.117. The summed E-state index contributed by atoms with van der Waals surface area (Å²) in [4.78, 5) is 37.3. The minimum atomic E-state index is -0.759. The molecular formula is C26H24N10O3. The number of hydrogen-bond acceptors (Lipinski definition) is 10. The number of carbonyl (C=O) groups is 2. The fraction of sp³-hybridized carbons (Fsp3) is 0.192. The molecule has 13 nitrogen and oxygen atoms in total. The zero-order valence-electron chi connectivity index (χ0n) is 20.7. The first-order chi connectivity index (χ1) is 19.0. The van der Waals surface area contributed by atoms with Crippen molar-refractivity contribution in [3.05, 3.63) is 72.3 Å². The number of nitrogens with zero attached hydrogens (tertiary/aromatic N) is 6. The molecule has 13 heteroatoms. The number of H-pyrrole nitrogens is 1. The van der Waals surface area contributed by atoms with Crippen LogP contribution in [0, 0.1) is 11.3 Å². The van der Waals surface area contributed by atoms with Gasteiger partial charge in [0, 0.05) is 36.1 Å². The van der Waals surface area contributed by atoms with E-state index in [9.17, 15) is 9.59 Å². The van der Waals surface area contributed by atoms with Gasteiger partial charge in [0.2, 0.25) is 11.7 Å². The van der Waals surface area contributed by atoms with E-state index in [1.54, 1.807) is 35.0 Å². The Balaban J connectivity index is 1.33. The Morgan fingerprint density at radius 2 is 1.97 bits per heavy atom. The molecule has 196 valence electrons. The van der Waals surface area contributed by atoms with Crippen LogP contribution in [0.5, 0.6) is 0 Å². The van der Waals surface area contributed by atoms with E-state index < -0.39 is 6.04 Å². The summed E-state index contributed by atoms with van der Waals surface area (Å²) in [5, 5.41) is 22.5. The zero-order chi connectivity index (χ0) is 27.2. The summed E-state index contributed by atoms with van der Waals surface area (Å²) in [5.74, 6) is 0.211. The number of carbonyl (C=O) groups excluding carboxylic acids is 2. The maximum Gasteiger partial charge on any atom is 0.241 e. The highest BCUT2D eigenvalue weighted by molar-refractivity contribution is 5.99. The number of amides is 1. The molecule has 0 aliphatic rings. The molecule has 0 bridgehead atoms. The molecule has 0 spiro atoms. The molecule has 0 unspecified atom stereocenters. The quantitative estimate of drug-likeness (QED) is 0.147. The maximum absolute atomic E-state index is 13.3. The number of ketones is 1. The number of aromatic amines is 1. The maximum atomic E-state index is 13.3. The van der Waals surface area contributed by atoms with Crippen molar-refractivity contribution in [1.29, 1.82) is 5.26 Å². The summed E-state index contributed by atoms with van der Waals surface area (Å²) >= 11 is 0. The molecule has 2 aromatic carbocycles. The van der Waals surface area contributed by atoms with Crippen LogP contribution >= 0.6 is 0 Å². The van der Waals surface area contributed by atoms with E-state index >= 15 is 0 Å². The van der Waals surface area contributed by atoms with Gasteiger partial charge in [0.25, 0.3) is 0 Å². The molecule has 0 aliphatic heterocycles. The second kappa shape index (κ2) is 11.4. The number of para-hydroxylation sites is 2. The highest BCUT2D eigenvalue weighted by Crippen LogP contribution is 2.28. The Labute approximate surface area is 222 Å². The normalized spacial score (nSPS) is 11.7. The number of nitrogens with one attached hydrogen (secondary N) is 3. The molecule has 1 amide bonds. The Bertz CT molecular complexity index is 1630. The number of rotatable bonds is 11. The fourth-order valence-corrected chi connectivity index (χ4v) is 4.04. The molecule has 0 radical (unpaired) electrons. The van der Waals surface area contributed by atoms with Gasteiger partial charge in [-0.05, 0) is 46.7 Å². The minimum absolute atomic E-state index is 0.0267. The predicted octanol–water partition coefficient (Wildman–Crippen LogP) is 2.53. The van der Waals surface area contributed by atoms with Gasteiger partial charge >= 0.3 is 0 Å². The number of fused-ring (bicyclic) bond motifs is 1. The molecule has 3 aromatic heterocycles. The van der Waals surface area contributed by atoms with E-state index in [1.807, 2.05) is 24.3 Å². The van der Waals surface area contributed by atoms with Gasteiger partial charge in [0.1, 0.15) is 0 Å². The lowest BCUT2D eigenvalue weighted by Gasteiger charge is -2.12. The second-order valence-corrected chi connectivity index (χ2v) is 8.68. The van der Waals surface area contributed by atoms with Gasteiger partial charge < -0.3 is 25.9 Å². The van der Waals surface area contributed by atoms with Crippen molar-refractivity contribution in [3.8, 4) is 17.6 Å². The first-order valence-corrected chi connectivity index (χ1v) is 12.1. The molecule has 0 fully saturated rings. The average molecular weight is 525 g/mol. The number of anilines is 2. The van der Waals surface area contributed by atoms with E-state index in [0.29, 0.717) is 47.1 Å². The van der Waals surface area contributed by atoms with Crippen LogP contribution < -0.4 is 16.4 Å². The highest BCUT2D eigenvalue weighted by atomic mass is 16.6. The topological polar surface area (TPSA) is 193 Å². The summed E-state index contributed by atoms with van der Waals surface area (Å²) in [7, 11) is 0. The van der Waals surface area contributed by atoms with Gasteiger partial charge in [-0.3, -0.25) is 9.59 Å². The summed E-state index contributed by atoms with van der Waals surface area (Å²) in [5.41, 5.74) is 9.48. The van der Waals surface area contributed by atoms with Crippen molar-refractivity contribution in [2.24, 2.45) is 5.73 Å². The lowest BCUT2D eigenvalue weighted by Crippen LogP contribution is -2.37. The van der Waals surface area contributed by atoms with Crippen LogP contribution in [-0.2, 0) is 17.8 Å². The van der Waals surface area contributed by atoms with E-state index in [1.165, 1.54) is 6.33 Å². The SMILES string of the molecule is N#CCCNc1nonc1-c1nc2ccccc2n1CC(=O)c1ccc(NC(=O)[C@@H](N)Cc2cnc[nH]2)cc1. The van der Waals surface area contributed by atoms with Gasteiger partial charge in [-0.25, -0.2) is 14.6 Å². The van der Waals surface area contributed by atoms with Crippen LogP contribution in [0.15, 0.2) is 65.7 Å². The van der Waals surface area contributed by atoms with E-state index in [4.69, 9.17) is 15.6 Å². The third-order valence-corrected chi connectivity index (χ3v) is 5.99. The number of hydrogen-bond donors (Lipinski definition) is 4. The van der Waals surface area contributed by atoms with E-state index in [2.05, 4.69) is 42.0 Å². The van der Waals surface area contributed by atoms with Crippen LogP contribution in [0.2, 0.25) is 0 Å². The zero-order valence-corrected chi connectivity index (χ0v) is 20.7. The van der Waals surface area contributed by atoms with Crippen molar-refractivity contribution >= 4 is 34.2 Å². The summed E-state index contributed by atoms with van der Waals surface area (Å²) in [6, 6.07) is 15.3. The predicted molar refractivity (Wildman–Crippen MR) is 141 cm³/mol. The van der Waals surface area contributed by atoms with Gasteiger partial charge in [-0.15, -0.1) is 0 Å². The number of aromatic nitrogens is 6. The largest absolute Gasteiger partial charge is 0.364 e. The first kappa shape index (κ1) is 25.3. The van der Waals surface area contributed by atoms with Crippen LogP contribution in [0.1, 0.15) is 22.5 Å². The van der Waals surface area contributed by atoms with Crippen LogP contribution in [0.4, 0.5) is 11.5 Å². The van der Waals surface area contributed by atoms with Crippen molar-refractivity contribution < 1.29 is 14.2 Å². The molecule has 0 aliphatic carbocycles. The van der Waals surface area contributed by atoms with E-state index in [-0.39, 0.29) is 24.7 Å². The van der Waals surface area contributed by atoms with Crippen molar-refractivity contribution in [2.75, 3.05) is 17.2 Å². The minimum Gasteiger partial charge on any atom is -0.364 e. The van der Waals surface area contributed by atoms with Gasteiger partial charge in [-0.2, -0.15) is 5.26 Å². The molecular weight excluding hydrogens is 500 g/mol. The number of nitriles is 1. The third kappa shape index (κ3) is 5.65. The number of benzene rings is 2. The number of nitrogens with two attached hydrogens (primary N) is 1. The lowest BCUT2D eigenvalue weighted by atomic mass is 10.1. The van der Waals surface area contributed by atoms with E-state index in [0.717, 1.165) is 11.2 Å². The number of imidazole rings is 2. The molecule has 3 heterocycles. The Hall–Kier alpha value is -5.35. The summed E-state index contributed by atoms with van der Waals surface area (Å²) < 4.78 is 6.68. The monoisotopic (exact) mass is 524 g/mol. The summed E-state index contributed by atoms with van der Waals surface area (Å²) in [6.45, 7) is 0.328. The smallest absolute Gasteiger partial charge is 0.241 e. The van der Waals surface area contributed by atoms with Gasteiger partial charge in [0.15, 0.2) is 17.3 Å². The van der Waals surface area contributed by atoms with Crippen molar-refractivity contribution in [2.45, 2.75) is 25.4 Å². The average Bonchev–Trinajstić information content (AvgIpc) is 3.70. The Kier molecular flexibility index (Phi) is 7.37. The van der Waals surface area contributed by atoms with Crippen LogP contribution in [-0.4, -0.2) is 54.1 Å². The first-order valence-electron chi connectivity index (χ1n) is 12.1. The molecule has 5 rings (SSSR count). The second-order valence-electron chi connectivity index (χ2n) is 8.68. The van der Waals surface area contributed by atoms with Crippen molar-refractivity contribution in [1.82, 2.24) is 29.8 Å². The van der Waals surface area contributed by atoms with Crippen LogP contribution in [0.25, 0.3) is 22.6 Å². The standard InChI is InChI=1S/C26H24N10O3/c27-10-3-11-30-24-23(34-39-35-24)25-33-20-4-1-2-5-21(20)36(25)14-22(37)16-6-8-17(9-7-16)32-26(38)19(28)12-18-13-29-15-31-18/h1-2,4-9,13,15,19H,3,11-12,14,28H2,(H,29,31)(H,30,35)(H,32,38)/t19-/m0/s1.